The average Bonchev–Trinajstić information content (AvgIpc) is 2.60. The molecule has 9 heteroatoms. The summed E-state index contributed by atoms with van der Waals surface area (Å²) in [6, 6.07) is 7.05. The number of halogens is 1. The predicted octanol–water partition coefficient (Wildman–Crippen LogP) is 2.35. The zero-order valence-corrected chi connectivity index (χ0v) is 13.3. The molecule has 0 fully saturated rings. The third-order valence-corrected chi connectivity index (χ3v) is 3.35. The lowest BCUT2D eigenvalue weighted by molar-refractivity contribution is -0.385. The summed E-state index contributed by atoms with van der Waals surface area (Å²) in [5.41, 5.74) is -0.416. The van der Waals surface area contributed by atoms with E-state index in [9.17, 15) is 24.1 Å². The van der Waals surface area contributed by atoms with Crippen molar-refractivity contribution in [3.8, 4) is 5.75 Å². The first-order valence-corrected chi connectivity index (χ1v) is 7.02. The second-order valence-corrected chi connectivity index (χ2v) is 4.87. The zero-order chi connectivity index (χ0) is 18.6. The lowest BCUT2D eigenvalue weighted by atomic mass is 10.1. The Morgan fingerprint density at radius 1 is 1.16 bits per heavy atom. The lowest BCUT2D eigenvalue weighted by Crippen LogP contribution is -2.19. The molecule has 0 radical (unpaired) electrons. The minimum absolute atomic E-state index is 0.159. The summed E-state index contributed by atoms with van der Waals surface area (Å²) >= 11 is 0. The van der Waals surface area contributed by atoms with E-state index in [-0.39, 0.29) is 28.5 Å². The van der Waals surface area contributed by atoms with E-state index in [1.807, 2.05) is 0 Å². The summed E-state index contributed by atoms with van der Waals surface area (Å²) in [7, 11) is 2.83. The van der Waals surface area contributed by atoms with Gasteiger partial charge < -0.3 is 15.4 Å². The van der Waals surface area contributed by atoms with E-state index in [1.165, 1.54) is 32.4 Å². The number of hydrogen-bond donors (Lipinski definition) is 2. The number of methoxy groups -OCH3 is 1. The molecular formula is C16H14FN3O5. The molecule has 130 valence electrons. The standard InChI is InChI=1S/C16H14FN3O5/c1-18-15(21)9-3-6-14(25-2)13(7-9)19-16(22)11-5-4-10(20(23)24)8-12(11)17/h3-8H,1-2H3,(H,18,21)(H,19,22). The molecule has 2 amide bonds. The number of non-ortho nitro benzene ring substituents is 1. The third kappa shape index (κ3) is 3.89. The van der Waals surface area contributed by atoms with Gasteiger partial charge in [0, 0.05) is 18.7 Å². The highest BCUT2D eigenvalue weighted by Gasteiger charge is 2.18. The van der Waals surface area contributed by atoms with E-state index in [1.54, 1.807) is 0 Å². The summed E-state index contributed by atoms with van der Waals surface area (Å²) in [5.74, 6) is -1.98. The Hall–Kier alpha value is -3.49. The Balaban J connectivity index is 2.34. The van der Waals surface area contributed by atoms with Crippen LogP contribution in [0.2, 0.25) is 0 Å². The minimum atomic E-state index is -1.03. The first-order valence-electron chi connectivity index (χ1n) is 7.02. The first-order chi connectivity index (χ1) is 11.9. The third-order valence-electron chi connectivity index (χ3n) is 3.35. The number of benzene rings is 2. The monoisotopic (exact) mass is 347 g/mol. The van der Waals surface area contributed by atoms with Gasteiger partial charge in [-0.2, -0.15) is 0 Å². The average molecular weight is 347 g/mol. The number of carbonyl (C=O) groups is 2. The maximum atomic E-state index is 13.9. The van der Waals surface area contributed by atoms with Crippen LogP contribution in [-0.2, 0) is 0 Å². The molecule has 2 aromatic carbocycles. The summed E-state index contributed by atoms with van der Waals surface area (Å²) in [6.07, 6.45) is 0. The molecule has 2 aromatic rings. The van der Waals surface area contributed by atoms with Crippen molar-refractivity contribution in [2.24, 2.45) is 0 Å². The van der Waals surface area contributed by atoms with Crippen LogP contribution in [0, 0.1) is 15.9 Å². The molecule has 0 atom stereocenters. The number of anilines is 1. The van der Waals surface area contributed by atoms with Gasteiger partial charge in [-0.3, -0.25) is 19.7 Å². The van der Waals surface area contributed by atoms with Crippen LogP contribution in [0.25, 0.3) is 0 Å². The second-order valence-electron chi connectivity index (χ2n) is 4.87. The van der Waals surface area contributed by atoms with Crippen LogP contribution in [0.4, 0.5) is 15.8 Å². The number of carbonyl (C=O) groups excluding carboxylic acids is 2. The molecule has 0 bridgehead atoms. The molecule has 0 saturated heterocycles. The van der Waals surface area contributed by atoms with Crippen molar-refractivity contribution >= 4 is 23.2 Å². The van der Waals surface area contributed by atoms with Gasteiger partial charge in [0.05, 0.1) is 29.4 Å². The maximum Gasteiger partial charge on any atom is 0.272 e. The molecule has 0 aliphatic heterocycles. The van der Waals surface area contributed by atoms with E-state index >= 15 is 0 Å². The summed E-state index contributed by atoms with van der Waals surface area (Å²) in [4.78, 5) is 33.8. The highest BCUT2D eigenvalue weighted by atomic mass is 19.1. The van der Waals surface area contributed by atoms with E-state index in [4.69, 9.17) is 4.74 Å². The van der Waals surface area contributed by atoms with Crippen molar-refractivity contribution in [1.29, 1.82) is 0 Å². The number of ether oxygens (including phenoxy) is 1. The van der Waals surface area contributed by atoms with Gasteiger partial charge in [0.25, 0.3) is 17.5 Å². The fourth-order valence-electron chi connectivity index (χ4n) is 2.08. The van der Waals surface area contributed by atoms with E-state index < -0.39 is 22.3 Å². The highest BCUT2D eigenvalue weighted by Crippen LogP contribution is 2.27. The van der Waals surface area contributed by atoms with E-state index in [0.29, 0.717) is 6.07 Å². The lowest BCUT2D eigenvalue weighted by Gasteiger charge is -2.12. The Bertz CT molecular complexity index is 854. The quantitative estimate of drug-likeness (QED) is 0.637. The number of nitrogens with zero attached hydrogens (tertiary/aromatic N) is 1. The molecule has 8 nitrogen and oxygen atoms in total. The van der Waals surface area contributed by atoms with Gasteiger partial charge in [-0.05, 0) is 24.3 Å². The Kier molecular flexibility index (Phi) is 5.28. The normalized spacial score (nSPS) is 10.0. The highest BCUT2D eigenvalue weighted by molar-refractivity contribution is 6.06. The van der Waals surface area contributed by atoms with Gasteiger partial charge in [-0.1, -0.05) is 0 Å². The molecule has 0 unspecified atom stereocenters. The van der Waals surface area contributed by atoms with Crippen LogP contribution < -0.4 is 15.4 Å². The van der Waals surface area contributed by atoms with Crippen LogP contribution in [0.5, 0.6) is 5.75 Å². The first kappa shape index (κ1) is 17.9. The second kappa shape index (κ2) is 7.39. The van der Waals surface area contributed by atoms with Crippen LogP contribution in [0.15, 0.2) is 36.4 Å². The Labute approximate surface area is 141 Å². The van der Waals surface area contributed by atoms with Crippen molar-refractivity contribution in [3.05, 3.63) is 63.5 Å². The summed E-state index contributed by atoms with van der Waals surface area (Å²) < 4.78 is 19.0. The van der Waals surface area contributed by atoms with Crippen molar-refractivity contribution in [1.82, 2.24) is 5.32 Å². The van der Waals surface area contributed by atoms with Crippen LogP contribution >= 0.6 is 0 Å². The SMILES string of the molecule is CNC(=O)c1ccc(OC)c(NC(=O)c2ccc([N+](=O)[O-])cc2F)c1. The predicted molar refractivity (Wildman–Crippen MR) is 87.4 cm³/mol. The molecule has 2 N–H and O–H groups in total. The zero-order valence-electron chi connectivity index (χ0n) is 13.3. The van der Waals surface area contributed by atoms with E-state index in [2.05, 4.69) is 10.6 Å². The molecule has 0 spiro atoms. The number of amides is 2. The summed E-state index contributed by atoms with van der Waals surface area (Å²) in [6.45, 7) is 0. The van der Waals surface area contributed by atoms with Crippen LogP contribution in [-0.4, -0.2) is 30.9 Å². The van der Waals surface area contributed by atoms with Crippen molar-refractivity contribution in [3.63, 3.8) is 0 Å². The van der Waals surface area contributed by atoms with Gasteiger partial charge in [0.2, 0.25) is 0 Å². The van der Waals surface area contributed by atoms with Crippen molar-refractivity contribution < 1.29 is 23.6 Å². The maximum absolute atomic E-state index is 13.9. The van der Waals surface area contributed by atoms with Crippen LogP contribution in [0.3, 0.4) is 0 Å². The van der Waals surface area contributed by atoms with E-state index in [0.717, 1.165) is 12.1 Å². The van der Waals surface area contributed by atoms with Gasteiger partial charge in [0.15, 0.2) is 0 Å². The smallest absolute Gasteiger partial charge is 0.272 e. The van der Waals surface area contributed by atoms with Gasteiger partial charge in [-0.25, -0.2) is 4.39 Å². The van der Waals surface area contributed by atoms with Crippen molar-refractivity contribution in [2.45, 2.75) is 0 Å². The number of nitrogens with one attached hydrogen (secondary N) is 2. The molecule has 0 heterocycles. The molecule has 2 rings (SSSR count). The summed E-state index contributed by atoms with van der Waals surface area (Å²) in [5, 5.41) is 15.5. The number of rotatable bonds is 5. The largest absolute Gasteiger partial charge is 0.495 e. The van der Waals surface area contributed by atoms with Gasteiger partial charge >= 0.3 is 0 Å². The minimum Gasteiger partial charge on any atom is -0.495 e. The molecule has 0 aliphatic rings. The number of nitro groups is 1. The number of hydrogen-bond acceptors (Lipinski definition) is 5. The fourth-order valence-corrected chi connectivity index (χ4v) is 2.08. The Morgan fingerprint density at radius 3 is 2.44 bits per heavy atom. The molecular weight excluding hydrogens is 333 g/mol. The van der Waals surface area contributed by atoms with Crippen LogP contribution in [0.1, 0.15) is 20.7 Å². The fraction of sp³-hybridized carbons (Fsp3) is 0.125. The van der Waals surface area contributed by atoms with Gasteiger partial charge in [0.1, 0.15) is 11.6 Å². The molecule has 0 saturated carbocycles. The molecule has 25 heavy (non-hydrogen) atoms. The molecule has 0 aliphatic carbocycles. The topological polar surface area (TPSA) is 111 Å². The molecule has 0 aromatic heterocycles. The number of nitro benzene ring substituents is 1. The Morgan fingerprint density at radius 2 is 1.88 bits per heavy atom. The van der Waals surface area contributed by atoms with Crippen molar-refractivity contribution in [2.75, 3.05) is 19.5 Å². The van der Waals surface area contributed by atoms with Gasteiger partial charge in [-0.15, -0.1) is 0 Å².